The van der Waals surface area contributed by atoms with Gasteiger partial charge in [-0.2, -0.15) is 15.4 Å². The molecule has 5 heteroatoms. The normalized spacial score (nSPS) is 14.1. The number of benzene rings is 1. The van der Waals surface area contributed by atoms with Gasteiger partial charge in [-0.3, -0.25) is 0 Å². The zero-order valence-corrected chi connectivity index (χ0v) is 10.4. The summed E-state index contributed by atoms with van der Waals surface area (Å²) in [6.07, 6.45) is -0.581. The van der Waals surface area contributed by atoms with Crippen molar-refractivity contribution in [3.8, 4) is 0 Å². The number of H-pyrrole nitrogens is 1. The summed E-state index contributed by atoms with van der Waals surface area (Å²) in [7, 11) is 0. The maximum absolute atomic E-state index is 10.2. The highest BCUT2D eigenvalue weighted by Gasteiger charge is 2.16. The van der Waals surface area contributed by atoms with Crippen LogP contribution in [0.3, 0.4) is 0 Å². The highest BCUT2D eigenvalue weighted by atomic mass is 16.3. The van der Waals surface area contributed by atoms with Gasteiger partial charge in [0, 0.05) is 17.6 Å². The molecule has 0 fully saturated rings. The third-order valence-electron chi connectivity index (χ3n) is 2.56. The molecular weight excluding hydrogens is 216 g/mol. The second-order valence-electron chi connectivity index (χ2n) is 5.19. The second-order valence-corrected chi connectivity index (χ2v) is 5.19. The van der Waals surface area contributed by atoms with Crippen LogP contribution in [0.25, 0.3) is 11.0 Å². The van der Waals surface area contributed by atoms with Crippen LogP contribution in [0.5, 0.6) is 0 Å². The molecule has 0 bridgehead atoms. The van der Waals surface area contributed by atoms with E-state index in [0.29, 0.717) is 6.54 Å². The fourth-order valence-corrected chi connectivity index (χ4v) is 1.67. The lowest BCUT2D eigenvalue weighted by atomic mass is 10.1. The Kier molecular flexibility index (Phi) is 3.13. The van der Waals surface area contributed by atoms with Gasteiger partial charge in [-0.05, 0) is 26.8 Å². The Morgan fingerprint density at radius 3 is 2.82 bits per heavy atom. The second kappa shape index (κ2) is 4.43. The van der Waals surface area contributed by atoms with Crippen LogP contribution in [0.15, 0.2) is 18.2 Å². The number of nitrogens with zero attached hydrogens (tertiary/aromatic N) is 2. The maximum Gasteiger partial charge on any atom is 0.118 e. The zero-order chi connectivity index (χ0) is 12.5. The lowest BCUT2D eigenvalue weighted by molar-refractivity contribution is 0.164. The Balaban J connectivity index is 2.19. The van der Waals surface area contributed by atoms with Crippen LogP contribution in [0, 0.1) is 0 Å². The molecule has 1 heterocycles. The molecule has 0 saturated heterocycles. The highest BCUT2D eigenvalue weighted by molar-refractivity contribution is 5.77. The molecule has 3 N–H and O–H groups in total. The van der Waals surface area contributed by atoms with Crippen molar-refractivity contribution in [3.63, 3.8) is 0 Å². The molecule has 17 heavy (non-hydrogen) atoms. The van der Waals surface area contributed by atoms with Crippen LogP contribution in [-0.2, 0) is 0 Å². The number of aromatic nitrogens is 3. The standard InChI is InChI=1S/C12H18N4O/c1-12(2,3)13-7-10(17)8-5-4-6-9-11(8)15-16-14-9/h4-6,10,13,17H,7H2,1-3H3,(H,14,15,16)/t10-/m0/s1. The third kappa shape index (κ3) is 2.81. The molecule has 2 aromatic rings. The summed E-state index contributed by atoms with van der Waals surface area (Å²) < 4.78 is 0. The van der Waals surface area contributed by atoms with Crippen molar-refractivity contribution in [1.29, 1.82) is 0 Å². The van der Waals surface area contributed by atoms with Gasteiger partial charge in [-0.15, -0.1) is 0 Å². The third-order valence-corrected chi connectivity index (χ3v) is 2.56. The first-order valence-electron chi connectivity index (χ1n) is 5.70. The van der Waals surface area contributed by atoms with E-state index in [1.165, 1.54) is 0 Å². The minimum Gasteiger partial charge on any atom is -0.387 e. The number of aliphatic hydroxyl groups excluding tert-OH is 1. The number of hydrogen-bond acceptors (Lipinski definition) is 4. The molecule has 2 rings (SSSR count). The predicted molar refractivity (Wildman–Crippen MR) is 66.6 cm³/mol. The Morgan fingerprint density at radius 2 is 2.12 bits per heavy atom. The Hall–Kier alpha value is -1.46. The van der Waals surface area contributed by atoms with Crippen LogP contribution in [0.4, 0.5) is 0 Å². The smallest absolute Gasteiger partial charge is 0.118 e. The van der Waals surface area contributed by atoms with Crippen molar-refractivity contribution in [3.05, 3.63) is 23.8 Å². The summed E-state index contributed by atoms with van der Waals surface area (Å²) in [6.45, 7) is 6.69. The van der Waals surface area contributed by atoms with Crippen LogP contribution in [-0.4, -0.2) is 32.6 Å². The Bertz CT molecular complexity index is 500. The van der Waals surface area contributed by atoms with Crippen LogP contribution >= 0.6 is 0 Å². The molecule has 1 aromatic carbocycles. The van der Waals surface area contributed by atoms with Gasteiger partial charge in [-0.25, -0.2) is 0 Å². The number of nitrogens with one attached hydrogen (secondary N) is 2. The first kappa shape index (κ1) is 12.0. The molecule has 0 saturated carbocycles. The highest BCUT2D eigenvalue weighted by Crippen LogP contribution is 2.20. The molecule has 0 radical (unpaired) electrons. The fourth-order valence-electron chi connectivity index (χ4n) is 1.67. The largest absolute Gasteiger partial charge is 0.387 e. The monoisotopic (exact) mass is 234 g/mol. The molecule has 1 atom stereocenters. The van der Waals surface area contributed by atoms with Crippen molar-refractivity contribution in [2.24, 2.45) is 0 Å². The van der Waals surface area contributed by atoms with E-state index >= 15 is 0 Å². The summed E-state index contributed by atoms with van der Waals surface area (Å²) in [5.74, 6) is 0. The maximum atomic E-state index is 10.2. The minimum atomic E-state index is -0.581. The molecular formula is C12H18N4O. The Morgan fingerprint density at radius 1 is 1.35 bits per heavy atom. The summed E-state index contributed by atoms with van der Waals surface area (Å²) in [5.41, 5.74) is 2.29. The van der Waals surface area contributed by atoms with Gasteiger partial charge in [0.2, 0.25) is 0 Å². The SMILES string of the molecule is CC(C)(C)NC[C@H](O)c1cccc2n[nH]nc12. The molecule has 0 unspecified atom stereocenters. The average molecular weight is 234 g/mol. The first-order chi connectivity index (χ1) is 7.97. The number of hydrogen-bond donors (Lipinski definition) is 3. The van der Waals surface area contributed by atoms with E-state index in [1.807, 2.05) is 18.2 Å². The average Bonchev–Trinajstić information content (AvgIpc) is 2.72. The fraction of sp³-hybridized carbons (Fsp3) is 0.500. The molecule has 0 aliphatic rings. The van der Waals surface area contributed by atoms with Crippen molar-refractivity contribution in [2.45, 2.75) is 32.4 Å². The van der Waals surface area contributed by atoms with Gasteiger partial charge < -0.3 is 10.4 Å². The number of rotatable bonds is 3. The van der Waals surface area contributed by atoms with Gasteiger partial charge in [0.05, 0.1) is 6.10 Å². The lowest BCUT2D eigenvalue weighted by Gasteiger charge is -2.23. The molecule has 0 amide bonds. The van der Waals surface area contributed by atoms with Crippen molar-refractivity contribution in [2.75, 3.05) is 6.54 Å². The van der Waals surface area contributed by atoms with Gasteiger partial charge in [0.1, 0.15) is 11.0 Å². The topological polar surface area (TPSA) is 73.8 Å². The van der Waals surface area contributed by atoms with Crippen LogP contribution in [0.2, 0.25) is 0 Å². The summed E-state index contributed by atoms with van der Waals surface area (Å²) in [5, 5.41) is 24.1. The zero-order valence-electron chi connectivity index (χ0n) is 10.4. The molecule has 0 aliphatic heterocycles. The van der Waals surface area contributed by atoms with Gasteiger partial charge in [0.15, 0.2) is 0 Å². The molecule has 1 aromatic heterocycles. The van der Waals surface area contributed by atoms with E-state index in [1.54, 1.807) is 0 Å². The molecule has 92 valence electrons. The number of β-amino-alcohol motifs (C(OH)–C–C–N with tert-alkyl or cyclic N) is 1. The van der Waals surface area contributed by atoms with Crippen molar-refractivity contribution in [1.82, 2.24) is 20.7 Å². The summed E-state index contributed by atoms with van der Waals surface area (Å²) >= 11 is 0. The van der Waals surface area contributed by atoms with Crippen LogP contribution in [0.1, 0.15) is 32.4 Å². The predicted octanol–water partition coefficient (Wildman–Crippen LogP) is 1.38. The summed E-state index contributed by atoms with van der Waals surface area (Å²) in [4.78, 5) is 0. The lowest BCUT2D eigenvalue weighted by Crippen LogP contribution is -2.38. The van der Waals surface area contributed by atoms with Crippen molar-refractivity contribution < 1.29 is 5.11 Å². The van der Waals surface area contributed by atoms with E-state index in [0.717, 1.165) is 16.6 Å². The first-order valence-corrected chi connectivity index (χ1v) is 5.70. The van der Waals surface area contributed by atoms with Gasteiger partial charge >= 0.3 is 0 Å². The number of aromatic amines is 1. The number of aliphatic hydroxyl groups is 1. The van der Waals surface area contributed by atoms with Gasteiger partial charge in [-0.1, -0.05) is 12.1 Å². The van der Waals surface area contributed by atoms with Crippen LogP contribution < -0.4 is 5.32 Å². The van der Waals surface area contributed by atoms with E-state index in [9.17, 15) is 5.11 Å². The summed E-state index contributed by atoms with van der Waals surface area (Å²) in [6, 6.07) is 5.62. The van der Waals surface area contributed by atoms with E-state index < -0.39 is 6.10 Å². The minimum absolute atomic E-state index is 0.0152. The quantitative estimate of drug-likeness (QED) is 0.750. The molecule has 5 nitrogen and oxygen atoms in total. The van der Waals surface area contributed by atoms with E-state index in [-0.39, 0.29) is 5.54 Å². The van der Waals surface area contributed by atoms with Gasteiger partial charge in [0.25, 0.3) is 0 Å². The molecule has 0 spiro atoms. The Labute approximate surface area is 100 Å². The number of para-hydroxylation sites is 1. The molecule has 0 aliphatic carbocycles. The van der Waals surface area contributed by atoms with Crippen molar-refractivity contribution >= 4 is 11.0 Å². The van der Waals surface area contributed by atoms with E-state index in [4.69, 9.17) is 0 Å². The van der Waals surface area contributed by atoms with E-state index in [2.05, 4.69) is 41.5 Å². The number of fused-ring (bicyclic) bond motifs is 1.